The zero-order chi connectivity index (χ0) is 14.5. The standard InChI is InChI=1S/C13H13N3O4/c1-14-13-8-10(5-6-15-13)20-12-7-9(19-2)3-4-11(12)16(17)18/h3-8H,1-2H3,(H,14,15). The van der Waals surface area contributed by atoms with Gasteiger partial charge in [0.05, 0.1) is 12.0 Å². The number of hydrogen-bond acceptors (Lipinski definition) is 6. The molecule has 1 aromatic heterocycles. The largest absolute Gasteiger partial charge is 0.497 e. The van der Waals surface area contributed by atoms with Crippen molar-refractivity contribution >= 4 is 11.5 Å². The summed E-state index contributed by atoms with van der Waals surface area (Å²) in [6.07, 6.45) is 1.55. The van der Waals surface area contributed by atoms with Crippen LogP contribution in [0.5, 0.6) is 17.2 Å². The number of nitro groups is 1. The molecule has 0 aliphatic rings. The molecule has 1 aromatic carbocycles. The number of nitro benzene ring substituents is 1. The van der Waals surface area contributed by atoms with Gasteiger partial charge in [-0.1, -0.05) is 0 Å². The van der Waals surface area contributed by atoms with Crippen molar-refractivity contribution in [3.05, 3.63) is 46.6 Å². The molecule has 2 rings (SSSR count). The maximum atomic E-state index is 11.0. The van der Waals surface area contributed by atoms with Crippen molar-refractivity contribution in [2.45, 2.75) is 0 Å². The predicted molar refractivity (Wildman–Crippen MR) is 73.5 cm³/mol. The summed E-state index contributed by atoms with van der Waals surface area (Å²) in [4.78, 5) is 14.5. The Morgan fingerprint density at radius 1 is 1.25 bits per heavy atom. The molecule has 0 radical (unpaired) electrons. The van der Waals surface area contributed by atoms with Crippen molar-refractivity contribution in [3.63, 3.8) is 0 Å². The minimum atomic E-state index is -0.505. The van der Waals surface area contributed by atoms with Gasteiger partial charge in [0.25, 0.3) is 0 Å². The Labute approximate surface area is 115 Å². The Kier molecular flexibility index (Phi) is 3.99. The highest BCUT2D eigenvalue weighted by molar-refractivity contribution is 5.53. The first kappa shape index (κ1) is 13.6. The highest BCUT2D eigenvalue weighted by Crippen LogP contribution is 2.34. The van der Waals surface area contributed by atoms with Gasteiger partial charge in [0.15, 0.2) is 0 Å². The number of aromatic nitrogens is 1. The molecule has 7 nitrogen and oxygen atoms in total. The van der Waals surface area contributed by atoms with Crippen molar-refractivity contribution in [1.82, 2.24) is 4.98 Å². The van der Waals surface area contributed by atoms with Crippen LogP contribution in [0.3, 0.4) is 0 Å². The molecule has 0 fully saturated rings. The van der Waals surface area contributed by atoms with Gasteiger partial charge in [0.1, 0.15) is 17.3 Å². The topological polar surface area (TPSA) is 86.5 Å². The average molecular weight is 275 g/mol. The van der Waals surface area contributed by atoms with E-state index in [2.05, 4.69) is 10.3 Å². The van der Waals surface area contributed by atoms with Crippen LogP contribution < -0.4 is 14.8 Å². The molecular weight excluding hydrogens is 262 g/mol. The van der Waals surface area contributed by atoms with Gasteiger partial charge in [0, 0.05) is 31.4 Å². The fourth-order valence-electron chi connectivity index (χ4n) is 1.59. The third-order valence-electron chi connectivity index (χ3n) is 2.58. The monoisotopic (exact) mass is 275 g/mol. The first-order valence-electron chi connectivity index (χ1n) is 5.78. The van der Waals surface area contributed by atoms with Crippen LogP contribution in [0, 0.1) is 10.1 Å². The molecule has 1 heterocycles. The van der Waals surface area contributed by atoms with Crippen LogP contribution in [0.4, 0.5) is 11.5 Å². The average Bonchev–Trinajstić information content (AvgIpc) is 2.47. The molecule has 0 unspecified atom stereocenters. The molecule has 7 heteroatoms. The van der Waals surface area contributed by atoms with Crippen LogP contribution in [0.1, 0.15) is 0 Å². The number of nitrogens with zero attached hydrogens (tertiary/aromatic N) is 2. The maximum absolute atomic E-state index is 11.0. The SMILES string of the molecule is CNc1cc(Oc2cc(OC)ccc2[N+](=O)[O-])ccn1. The van der Waals surface area contributed by atoms with Gasteiger partial charge in [-0.05, 0) is 12.1 Å². The van der Waals surface area contributed by atoms with E-state index in [1.54, 1.807) is 25.4 Å². The zero-order valence-electron chi connectivity index (χ0n) is 11.0. The van der Waals surface area contributed by atoms with E-state index in [9.17, 15) is 10.1 Å². The normalized spacial score (nSPS) is 9.90. The highest BCUT2D eigenvalue weighted by Gasteiger charge is 2.17. The van der Waals surface area contributed by atoms with Crippen LogP contribution in [0.15, 0.2) is 36.5 Å². The molecule has 20 heavy (non-hydrogen) atoms. The number of anilines is 1. The first-order chi connectivity index (χ1) is 9.63. The second kappa shape index (κ2) is 5.87. The molecule has 0 spiro atoms. The molecule has 0 atom stereocenters. The van der Waals surface area contributed by atoms with Gasteiger partial charge >= 0.3 is 5.69 Å². The summed E-state index contributed by atoms with van der Waals surface area (Å²) in [6.45, 7) is 0. The summed E-state index contributed by atoms with van der Waals surface area (Å²) >= 11 is 0. The van der Waals surface area contributed by atoms with Gasteiger partial charge < -0.3 is 14.8 Å². The molecule has 0 bridgehead atoms. The molecule has 1 N–H and O–H groups in total. The third-order valence-corrected chi connectivity index (χ3v) is 2.58. The molecular formula is C13H13N3O4. The molecule has 0 saturated heterocycles. The number of hydrogen-bond donors (Lipinski definition) is 1. The third kappa shape index (κ3) is 2.94. The summed E-state index contributed by atoms with van der Waals surface area (Å²) in [6, 6.07) is 7.58. The summed E-state index contributed by atoms with van der Waals surface area (Å²) in [5.41, 5.74) is -0.131. The first-order valence-corrected chi connectivity index (χ1v) is 5.78. The molecule has 0 amide bonds. The number of nitrogens with one attached hydrogen (secondary N) is 1. The summed E-state index contributed by atoms with van der Waals surface area (Å²) < 4.78 is 10.6. The van der Waals surface area contributed by atoms with Gasteiger partial charge in [-0.2, -0.15) is 0 Å². The van der Waals surface area contributed by atoms with Crippen LogP contribution >= 0.6 is 0 Å². The van der Waals surface area contributed by atoms with Crippen LogP contribution in [-0.2, 0) is 0 Å². The van der Waals surface area contributed by atoms with Crippen LogP contribution in [-0.4, -0.2) is 24.1 Å². The fourth-order valence-corrected chi connectivity index (χ4v) is 1.59. The quantitative estimate of drug-likeness (QED) is 0.667. The van der Waals surface area contributed by atoms with Gasteiger partial charge in [0.2, 0.25) is 5.75 Å². The van der Waals surface area contributed by atoms with Gasteiger partial charge in [-0.25, -0.2) is 4.98 Å². The molecule has 0 aliphatic heterocycles. The van der Waals surface area contributed by atoms with Crippen molar-refractivity contribution in [1.29, 1.82) is 0 Å². The number of ether oxygens (including phenoxy) is 2. The zero-order valence-corrected chi connectivity index (χ0v) is 11.0. The summed E-state index contributed by atoms with van der Waals surface area (Å²) in [7, 11) is 3.20. The van der Waals surface area contributed by atoms with E-state index in [0.29, 0.717) is 17.3 Å². The van der Waals surface area contributed by atoms with Crippen molar-refractivity contribution < 1.29 is 14.4 Å². The molecule has 2 aromatic rings. The van der Waals surface area contributed by atoms with Crippen molar-refractivity contribution in [3.8, 4) is 17.2 Å². The van der Waals surface area contributed by atoms with Gasteiger partial charge in [-0.3, -0.25) is 10.1 Å². The number of methoxy groups -OCH3 is 1. The number of benzene rings is 1. The Morgan fingerprint density at radius 2 is 2.05 bits per heavy atom. The van der Waals surface area contributed by atoms with Crippen LogP contribution in [0.2, 0.25) is 0 Å². The second-order valence-electron chi connectivity index (χ2n) is 3.82. The lowest BCUT2D eigenvalue weighted by molar-refractivity contribution is -0.385. The Balaban J connectivity index is 2.37. The van der Waals surface area contributed by atoms with Crippen molar-refractivity contribution in [2.24, 2.45) is 0 Å². The molecule has 0 saturated carbocycles. The lowest BCUT2D eigenvalue weighted by Crippen LogP contribution is -1.96. The summed E-state index contributed by atoms with van der Waals surface area (Å²) in [5, 5.41) is 13.9. The lowest BCUT2D eigenvalue weighted by atomic mass is 10.3. The van der Waals surface area contributed by atoms with E-state index in [-0.39, 0.29) is 11.4 Å². The molecule has 104 valence electrons. The van der Waals surface area contributed by atoms with Crippen LogP contribution in [0.25, 0.3) is 0 Å². The number of rotatable bonds is 5. The minimum Gasteiger partial charge on any atom is -0.497 e. The Morgan fingerprint density at radius 3 is 2.70 bits per heavy atom. The predicted octanol–water partition coefficient (Wildman–Crippen LogP) is 2.83. The van der Waals surface area contributed by atoms with E-state index in [4.69, 9.17) is 9.47 Å². The fraction of sp³-hybridized carbons (Fsp3) is 0.154. The Bertz CT molecular complexity index is 631. The smallest absolute Gasteiger partial charge is 0.311 e. The lowest BCUT2D eigenvalue weighted by Gasteiger charge is -2.08. The van der Waals surface area contributed by atoms with Gasteiger partial charge in [-0.15, -0.1) is 0 Å². The number of pyridine rings is 1. The van der Waals surface area contributed by atoms with E-state index in [1.807, 2.05) is 0 Å². The van der Waals surface area contributed by atoms with E-state index < -0.39 is 4.92 Å². The Hall–Kier alpha value is -2.83. The minimum absolute atomic E-state index is 0.114. The van der Waals surface area contributed by atoms with Crippen molar-refractivity contribution in [2.75, 3.05) is 19.5 Å². The summed E-state index contributed by atoms with van der Waals surface area (Å²) in [5.74, 6) is 1.64. The van der Waals surface area contributed by atoms with E-state index in [0.717, 1.165) is 0 Å². The molecule has 0 aliphatic carbocycles. The van der Waals surface area contributed by atoms with E-state index >= 15 is 0 Å². The maximum Gasteiger partial charge on any atom is 0.311 e. The second-order valence-corrected chi connectivity index (χ2v) is 3.82. The van der Waals surface area contributed by atoms with E-state index in [1.165, 1.54) is 25.3 Å². The highest BCUT2D eigenvalue weighted by atomic mass is 16.6.